The van der Waals surface area contributed by atoms with Crippen LogP contribution >= 0.6 is 15.9 Å². The van der Waals surface area contributed by atoms with Gasteiger partial charge in [0, 0.05) is 42.8 Å². The molecule has 0 aliphatic carbocycles. The number of halogens is 1. The van der Waals surface area contributed by atoms with Crippen molar-refractivity contribution >= 4 is 27.9 Å². The molecule has 1 atom stereocenters. The van der Waals surface area contributed by atoms with Crippen molar-refractivity contribution in [1.82, 2.24) is 24.8 Å². The monoisotopic (exact) mass is 505 g/mol. The molecule has 3 heterocycles. The van der Waals surface area contributed by atoms with Crippen LogP contribution in [0.5, 0.6) is 0 Å². The molecule has 0 N–H and O–H groups in total. The fourth-order valence-corrected chi connectivity index (χ4v) is 4.64. The third kappa shape index (κ3) is 5.47. The van der Waals surface area contributed by atoms with Crippen LogP contribution in [0.25, 0.3) is 11.4 Å². The van der Waals surface area contributed by atoms with E-state index in [2.05, 4.69) is 31.0 Å². The van der Waals surface area contributed by atoms with E-state index in [0.717, 1.165) is 29.4 Å². The Kier molecular flexibility index (Phi) is 7.41. The highest BCUT2D eigenvalue weighted by molar-refractivity contribution is 9.10. The summed E-state index contributed by atoms with van der Waals surface area (Å²) < 4.78 is 11.5. The highest BCUT2D eigenvalue weighted by Crippen LogP contribution is 2.23. The Morgan fingerprint density at radius 1 is 1.19 bits per heavy atom. The molecule has 10 heteroatoms. The van der Waals surface area contributed by atoms with Crippen LogP contribution < -0.4 is 0 Å². The van der Waals surface area contributed by atoms with E-state index in [1.165, 1.54) is 0 Å². The van der Waals surface area contributed by atoms with Gasteiger partial charge in [-0.25, -0.2) is 4.79 Å². The van der Waals surface area contributed by atoms with Gasteiger partial charge in [0.05, 0.1) is 19.1 Å². The minimum absolute atomic E-state index is 0.0506. The number of piperidine rings is 1. The molecule has 1 unspecified atom stereocenters. The van der Waals surface area contributed by atoms with Gasteiger partial charge in [-0.1, -0.05) is 33.2 Å². The molecule has 9 nitrogen and oxygen atoms in total. The zero-order valence-electron chi connectivity index (χ0n) is 18.2. The SMILES string of the molecule is CCOC(=O)N1CCN(C(=O)C2CCCN(Cc3nc(-c4cccc(Br)c4)no3)C2)CC1. The highest BCUT2D eigenvalue weighted by Gasteiger charge is 2.32. The normalized spacial score (nSPS) is 19.8. The number of hydrogen-bond acceptors (Lipinski definition) is 7. The number of amides is 2. The maximum absolute atomic E-state index is 13.1. The summed E-state index contributed by atoms with van der Waals surface area (Å²) in [6.45, 7) is 6.38. The summed E-state index contributed by atoms with van der Waals surface area (Å²) in [4.78, 5) is 35.2. The zero-order valence-corrected chi connectivity index (χ0v) is 19.8. The highest BCUT2D eigenvalue weighted by atomic mass is 79.9. The summed E-state index contributed by atoms with van der Waals surface area (Å²) in [5.74, 6) is 1.23. The summed E-state index contributed by atoms with van der Waals surface area (Å²) in [5, 5.41) is 4.10. The molecule has 2 amide bonds. The number of carbonyl (C=O) groups excluding carboxylic acids is 2. The van der Waals surface area contributed by atoms with Crippen LogP contribution in [0, 0.1) is 5.92 Å². The maximum Gasteiger partial charge on any atom is 0.409 e. The number of rotatable bonds is 5. The first-order valence-corrected chi connectivity index (χ1v) is 11.8. The van der Waals surface area contributed by atoms with Crippen molar-refractivity contribution < 1.29 is 18.8 Å². The lowest BCUT2D eigenvalue weighted by Gasteiger charge is -2.38. The second kappa shape index (κ2) is 10.4. The Balaban J connectivity index is 1.30. The van der Waals surface area contributed by atoms with Gasteiger partial charge in [0.2, 0.25) is 17.6 Å². The summed E-state index contributed by atoms with van der Waals surface area (Å²) in [7, 11) is 0. The zero-order chi connectivity index (χ0) is 22.5. The second-order valence-electron chi connectivity index (χ2n) is 8.11. The van der Waals surface area contributed by atoms with Crippen molar-refractivity contribution in [1.29, 1.82) is 0 Å². The standard InChI is InChI=1S/C22H28BrN5O4/c1-2-31-22(30)28-11-9-27(10-12-28)21(29)17-6-4-8-26(14-17)15-19-24-20(25-32-19)16-5-3-7-18(23)13-16/h3,5,7,13,17H,2,4,6,8-12,14-15H2,1H3. The van der Waals surface area contributed by atoms with Crippen LogP contribution in [-0.4, -0.2) is 82.7 Å². The average Bonchev–Trinajstić information content (AvgIpc) is 3.27. The van der Waals surface area contributed by atoms with E-state index in [1.807, 2.05) is 29.2 Å². The Bertz CT molecular complexity index is 944. The number of aromatic nitrogens is 2. The number of piperazine rings is 1. The number of carbonyl (C=O) groups is 2. The largest absolute Gasteiger partial charge is 0.450 e. The van der Waals surface area contributed by atoms with E-state index < -0.39 is 0 Å². The van der Waals surface area contributed by atoms with E-state index in [0.29, 0.717) is 57.6 Å². The van der Waals surface area contributed by atoms with E-state index in [1.54, 1.807) is 11.8 Å². The quantitative estimate of drug-likeness (QED) is 0.616. The van der Waals surface area contributed by atoms with Crippen molar-refractivity contribution in [3.05, 3.63) is 34.6 Å². The maximum atomic E-state index is 13.1. The number of hydrogen-bond donors (Lipinski definition) is 0. The van der Waals surface area contributed by atoms with Gasteiger partial charge >= 0.3 is 6.09 Å². The van der Waals surface area contributed by atoms with Crippen LogP contribution in [0.1, 0.15) is 25.7 Å². The molecule has 172 valence electrons. The lowest BCUT2D eigenvalue weighted by molar-refractivity contribution is -0.139. The van der Waals surface area contributed by atoms with Gasteiger partial charge < -0.3 is 19.1 Å². The Morgan fingerprint density at radius 3 is 2.72 bits per heavy atom. The first-order valence-electron chi connectivity index (χ1n) is 11.0. The van der Waals surface area contributed by atoms with Crippen LogP contribution in [-0.2, 0) is 16.1 Å². The Hall–Kier alpha value is -2.46. The van der Waals surface area contributed by atoms with E-state index in [-0.39, 0.29) is 17.9 Å². The van der Waals surface area contributed by atoms with Gasteiger partial charge in [-0.3, -0.25) is 9.69 Å². The van der Waals surface area contributed by atoms with E-state index in [4.69, 9.17) is 9.26 Å². The van der Waals surface area contributed by atoms with E-state index >= 15 is 0 Å². The fourth-order valence-electron chi connectivity index (χ4n) is 4.24. The molecule has 0 saturated carbocycles. The first-order chi connectivity index (χ1) is 15.5. The molecule has 2 fully saturated rings. The Labute approximate surface area is 195 Å². The summed E-state index contributed by atoms with van der Waals surface area (Å²) in [6, 6.07) is 7.78. The fraction of sp³-hybridized carbons (Fsp3) is 0.545. The molecule has 2 aliphatic rings. The van der Waals surface area contributed by atoms with Crippen molar-refractivity contribution in [2.75, 3.05) is 45.9 Å². The van der Waals surface area contributed by atoms with Gasteiger partial charge in [0.15, 0.2) is 0 Å². The second-order valence-corrected chi connectivity index (χ2v) is 9.02. The van der Waals surface area contributed by atoms with Gasteiger partial charge in [-0.2, -0.15) is 4.98 Å². The lowest BCUT2D eigenvalue weighted by atomic mass is 9.96. The molecular formula is C22H28BrN5O4. The minimum Gasteiger partial charge on any atom is -0.450 e. The smallest absolute Gasteiger partial charge is 0.409 e. The van der Waals surface area contributed by atoms with Crippen molar-refractivity contribution in [2.24, 2.45) is 5.92 Å². The van der Waals surface area contributed by atoms with Gasteiger partial charge in [0.1, 0.15) is 0 Å². The molecule has 32 heavy (non-hydrogen) atoms. The summed E-state index contributed by atoms with van der Waals surface area (Å²) >= 11 is 3.46. The molecule has 1 aromatic heterocycles. The van der Waals surface area contributed by atoms with Gasteiger partial charge in [0.25, 0.3) is 0 Å². The third-order valence-electron chi connectivity index (χ3n) is 5.88. The average molecular weight is 506 g/mol. The first kappa shape index (κ1) is 22.7. The van der Waals surface area contributed by atoms with Crippen LogP contribution in [0.3, 0.4) is 0 Å². The van der Waals surface area contributed by atoms with Crippen LogP contribution in [0.15, 0.2) is 33.3 Å². The molecule has 2 saturated heterocycles. The molecule has 0 bridgehead atoms. The summed E-state index contributed by atoms with van der Waals surface area (Å²) in [6.07, 6.45) is 1.53. The Morgan fingerprint density at radius 2 is 1.97 bits per heavy atom. The molecule has 1 aromatic carbocycles. The molecule has 0 radical (unpaired) electrons. The van der Waals surface area contributed by atoms with Crippen LogP contribution in [0.2, 0.25) is 0 Å². The summed E-state index contributed by atoms with van der Waals surface area (Å²) in [5.41, 5.74) is 0.892. The lowest BCUT2D eigenvalue weighted by Crippen LogP contribution is -2.53. The topological polar surface area (TPSA) is 92.0 Å². The van der Waals surface area contributed by atoms with Gasteiger partial charge in [-0.05, 0) is 38.4 Å². The number of likely N-dealkylation sites (tertiary alicyclic amines) is 1. The molecule has 2 aromatic rings. The van der Waals surface area contributed by atoms with Crippen molar-refractivity contribution in [3.8, 4) is 11.4 Å². The molecule has 0 spiro atoms. The number of ether oxygens (including phenoxy) is 1. The molecular weight excluding hydrogens is 478 g/mol. The predicted molar refractivity (Wildman–Crippen MR) is 121 cm³/mol. The minimum atomic E-state index is -0.301. The van der Waals surface area contributed by atoms with Gasteiger partial charge in [-0.15, -0.1) is 0 Å². The van der Waals surface area contributed by atoms with E-state index in [9.17, 15) is 9.59 Å². The van der Waals surface area contributed by atoms with Crippen molar-refractivity contribution in [2.45, 2.75) is 26.3 Å². The molecule has 2 aliphatic heterocycles. The van der Waals surface area contributed by atoms with Crippen molar-refractivity contribution in [3.63, 3.8) is 0 Å². The number of nitrogens with zero attached hydrogens (tertiary/aromatic N) is 5. The number of benzene rings is 1. The third-order valence-corrected chi connectivity index (χ3v) is 6.38. The molecule has 4 rings (SSSR count). The predicted octanol–water partition coefficient (Wildman–Crippen LogP) is 3.01. The van der Waals surface area contributed by atoms with Crippen LogP contribution in [0.4, 0.5) is 4.79 Å².